The fraction of sp³-hybridized carbons (Fsp3) is 0.562. The Bertz CT molecular complexity index is 539. The molecular formula is C16H20FNO2. The summed E-state index contributed by atoms with van der Waals surface area (Å²) < 4.78 is 14.3. The summed E-state index contributed by atoms with van der Waals surface area (Å²) in [7, 11) is 0. The minimum Gasteiger partial charge on any atom is -0.465 e. The molecule has 108 valence electrons. The Labute approximate surface area is 118 Å². The molecule has 1 aromatic rings. The van der Waals surface area contributed by atoms with Crippen LogP contribution in [-0.4, -0.2) is 17.7 Å². The Balaban J connectivity index is 1.87. The van der Waals surface area contributed by atoms with Crippen LogP contribution in [0.1, 0.15) is 49.7 Å². The normalized spacial score (nSPS) is 26.1. The van der Waals surface area contributed by atoms with Crippen molar-refractivity contribution in [2.45, 2.75) is 43.9 Å². The molecule has 1 fully saturated rings. The van der Waals surface area contributed by atoms with Crippen molar-refractivity contribution in [1.29, 1.82) is 0 Å². The van der Waals surface area contributed by atoms with Gasteiger partial charge in [0.25, 0.3) is 0 Å². The number of halogens is 1. The molecule has 1 amide bonds. The minimum atomic E-state index is -0.994. The maximum absolute atomic E-state index is 14.3. The third kappa shape index (κ3) is 2.07. The highest BCUT2D eigenvalue weighted by Gasteiger charge is 2.54. The second kappa shape index (κ2) is 4.76. The van der Waals surface area contributed by atoms with Gasteiger partial charge in [-0.3, -0.25) is 0 Å². The number of amides is 1. The van der Waals surface area contributed by atoms with Gasteiger partial charge in [0.2, 0.25) is 0 Å². The summed E-state index contributed by atoms with van der Waals surface area (Å²) in [5.41, 5.74) is 2.09. The zero-order valence-corrected chi connectivity index (χ0v) is 11.7. The first-order chi connectivity index (χ1) is 9.54. The number of hydrogen-bond acceptors (Lipinski definition) is 1. The molecule has 1 aromatic carbocycles. The van der Waals surface area contributed by atoms with Gasteiger partial charge in [-0.15, -0.1) is 0 Å². The van der Waals surface area contributed by atoms with Crippen LogP contribution in [0.4, 0.5) is 9.18 Å². The van der Waals surface area contributed by atoms with Crippen LogP contribution in [-0.2, 0) is 5.41 Å². The quantitative estimate of drug-likeness (QED) is 0.886. The molecule has 20 heavy (non-hydrogen) atoms. The highest BCUT2D eigenvalue weighted by molar-refractivity contribution is 5.64. The van der Waals surface area contributed by atoms with E-state index >= 15 is 0 Å². The fourth-order valence-electron chi connectivity index (χ4n) is 3.94. The molecule has 2 unspecified atom stereocenters. The van der Waals surface area contributed by atoms with E-state index in [1.165, 1.54) is 0 Å². The highest BCUT2D eigenvalue weighted by Crippen LogP contribution is 2.61. The number of nitrogens with one attached hydrogen (secondary N) is 1. The van der Waals surface area contributed by atoms with Crippen molar-refractivity contribution >= 4 is 6.09 Å². The first kappa shape index (κ1) is 13.4. The smallest absolute Gasteiger partial charge is 0.404 e. The second-order valence-corrected chi connectivity index (χ2v) is 6.21. The van der Waals surface area contributed by atoms with Crippen molar-refractivity contribution in [2.75, 3.05) is 6.54 Å². The van der Waals surface area contributed by atoms with Crippen molar-refractivity contribution in [3.8, 4) is 0 Å². The Morgan fingerprint density at radius 1 is 1.50 bits per heavy atom. The molecule has 2 atom stereocenters. The number of carbonyl (C=O) groups is 1. The van der Waals surface area contributed by atoms with E-state index < -0.39 is 6.09 Å². The van der Waals surface area contributed by atoms with E-state index in [4.69, 9.17) is 5.11 Å². The number of carboxylic acid groups (broad SMARTS) is 1. The van der Waals surface area contributed by atoms with Crippen LogP contribution in [0.2, 0.25) is 0 Å². The molecule has 0 aliphatic heterocycles. The highest BCUT2D eigenvalue weighted by atomic mass is 19.1. The average molecular weight is 277 g/mol. The summed E-state index contributed by atoms with van der Waals surface area (Å²) in [6.45, 7) is 2.63. The summed E-state index contributed by atoms with van der Waals surface area (Å²) in [6, 6.07) is 5.36. The van der Waals surface area contributed by atoms with E-state index in [9.17, 15) is 9.18 Å². The molecule has 0 saturated heterocycles. The van der Waals surface area contributed by atoms with E-state index in [-0.39, 0.29) is 17.2 Å². The van der Waals surface area contributed by atoms with Crippen LogP contribution in [0.5, 0.6) is 0 Å². The molecule has 2 aliphatic rings. The van der Waals surface area contributed by atoms with E-state index in [0.29, 0.717) is 12.5 Å². The van der Waals surface area contributed by atoms with Gasteiger partial charge in [-0.05, 0) is 54.7 Å². The lowest BCUT2D eigenvalue weighted by molar-refractivity contribution is 0.193. The van der Waals surface area contributed by atoms with Gasteiger partial charge in [0, 0.05) is 12.0 Å². The summed E-state index contributed by atoms with van der Waals surface area (Å²) in [4.78, 5) is 10.5. The van der Waals surface area contributed by atoms with Gasteiger partial charge in [0.15, 0.2) is 0 Å². The van der Waals surface area contributed by atoms with Gasteiger partial charge in [0.05, 0.1) is 0 Å². The minimum absolute atomic E-state index is 0.0669. The zero-order valence-electron chi connectivity index (χ0n) is 11.7. The monoisotopic (exact) mass is 277 g/mol. The summed E-state index contributed by atoms with van der Waals surface area (Å²) in [5, 5.41) is 11.1. The van der Waals surface area contributed by atoms with Gasteiger partial charge in [-0.2, -0.15) is 0 Å². The number of hydrogen-bond donors (Lipinski definition) is 2. The summed E-state index contributed by atoms with van der Waals surface area (Å²) >= 11 is 0. The molecule has 1 spiro atoms. The van der Waals surface area contributed by atoms with Gasteiger partial charge >= 0.3 is 6.09 Å². The predicted octanol–water partition coefficient (Wildman–Crippen LogP) is 3.64. The van der Waals surface area contributed by atoms with Crippen molar-refractivity contribution in [3.63, 3.8) is 0 Å². The lowest BCUT2D eigenvalue weighted by atomic mass is 9.67. The predicted molar refractivity (Wildman–Crippen MR) is 74.5 cm³/mol. The first-order valence-electron chi connectivity index (χ1n) is 7.30. The molecule has 3 nitrogen and oxygen atoms in total. The standard InChI is InChI=1S/C16H20FNO2/c1-10-9-11(5-8-18-15(19)20)12-3-2-4-13(17)14(12)16(10)6-7-16/h2-4,10-11,18H,5-9H2,1H3,(H,19,20). The number of rotatable bonds is 3. The summed E-state index contributed by atoms with van der Waals surface area (Å²) in [5.74, 6) is 0.651. The molecular weight excluding hydrogens is 257 g/mol. The largest absolute Gasteiger partial charge is 0.465 e. The molecule has 2 aliphatic carbocycles. The van der Waals surface area contributed by atoms with Gasteiger partial charge in [-0.1, -0.05) is 19.1 Å². The number of benzene rings is 1. The van der Waals surface area contributed by atoms with Crippen LogP contribution in [0.3, 0.4) is 0 Å². The third-order valence-electron chi connectivity index (χ3n) is 5.12. The SMILES string of the molecule is CC1CC(CCNC(=O)O)c2cccc(F)c2C12CC2. The van der Waals surface area contributed by atoms with Crippen LogP contribution in [0.15, 0.2) is 18.2 Å². The Kier molecular flexibility index (Phi) is 3.19. The average Bonchev–Trinajstić information content (AvgIpc) is 3.16. The fourth-order valence-corrected chi connectivity index (χ4v) is 3.94. The molecule has 0 heterocycles. The molecule has 3 rings (SSSR count). The van der Waals surface area contributed by atoms with Crippen LogP contribution in [0.25, 0.3) is 0 Å². The Morgan fingerprint density at radius 3 is 2.90 bits per heavy atom. The maximum atomic E-state index is 14.3. The van der Waals surface area contributed by atoms with Gasteiger partial charge in [0.1, 0.15) is 5.82 Å². The van der Waals surface area contributed by atoms with Crippen LogP contribution < -0.4 is 5.32 Å². The molecule has 4 heteroatoms. The molecule has 0 aromatic heterocycles. The van der Waals surface area contributed by atoms with E-state index in [0.717, 1.165) is 36.8 Å². The van der Waals surface area contributed by atoms with Gasteiger partial charge < -0.3 is 10.4 Å². The van der Waals surface area contributed by atoms with Crippen molar-refractivity contribution < 1.29 is 14.3 Å². The molecule has 1 saturated carbocycles. The van der Waals surface area contributed by atoms with Gasteiger partial charge in [-0.25, -0.2) is 9.18 Å². The van der Waals surface area contributed by atoms with Crippen LogP contribution >= 0.6 is 0 Å². The maximum Gasteiger partial charge on any atom is 0.404 e. The number of fused-ring (bicyclic) bond motifs is 2. The lowest BCUT2D eigenvalue weighted by Crippen LogP contribution is -2.31. The van der Waals surface area contributed by atoms with E-state index in [2.05, 4.69) is 12.2 Å². The van der Waals surface area contributed by atoms with Crippen molar-refractivity contribution in [3.05, 3.63) is 35.1 Å². The molecule has 0 bridgehead atoms. The van der Waals surface area contributed by atoms with Crippen molar-refractivity contribution in [2.24, 2.45) is 5.92 Å². The lowest BCUT2D eigenvalue weighted by Gasteiger charge is -2.37. The van der Waals surface area contributed by atoms with Crippen LogP contribution in [0, 0.1) is 11.7 Å². The molecule has 2 N–H and O–H groups in total. The molecule has 0 radical (unpaired) electrons. The Hall–Kier alpha value is -1.58. The Morgan fingerprint density at radius 2 is 2.25 bits per heavy atom. The topological polar surface area (TPSA) is 49.3 Å². The van der Waals surface area contributed by atoms with Crippen molar-refractivity contribution in [1.82, 2.24) is 5.32 Å². The van der Waals surface area contributed by atoms with E-state index in [1.54, 1.807) is 12.1 Å². The first-order valence-corrected chi connectivity index (χ1v) is 7.30. The summed E-state index contributed by atoms with van der Waals surface area (Å²) in [6.07, 6.45) is 2.94. The third-order valence-corrected chi connectivity index (χ3v) is 5.12. The zero-order chi connectivity index (χ0) is 14.3. The van der Waals surface area contributed by atoms with E-state index in [1.807, 2.05) is 6.07 Å². The second-order valence-electron chi connectivity index (χ2n) is 6.21.